The van der Waals surface area contributed by atoms with E-state index >= 15 is 0 Å². The van der Waals surface area contributed by atoms with E-state index in [1.807, 2.05) is 48.5 Å². The van der Waals surface area contributed by atoms with Gasteiger partial charge in [0.2, 0.25) is 0 Å². The fourth-order valence-corrected chi connectivity index (χ4v) is 8.34. The van der Waals surface area contributed by atoms with Crippen molar-refractivity contribution in [1.29, 1.82) is 0 Å². The maximum atomic E-state index is 14.1. The number of H-pyrrole nitrogens is 2. The van der Waals surface area contributed by atoms with Crippen LogP contribution < -0.4 is 25.2 Å². The predicted molar refractivity (Wildman–Crippen MR) is 190 cm³/mol. The number of methoxy groups -OCH3 is 1. The number of hydrogen-bond acceptors (Lipinski definition) is 5. The lowest BCUT2D eigenvalue weighted by Gasteiger charge is -2.17. The third kappa shape index (κ3) is 4.24. The van der Waals surface area contributed by atoms with Crippen LogP contribution in [0.15, 0.2) is 60.7 Å². The van der Waals surface area contributed by atoms with E-state index in [0.717, 1.165) is 55.3 Å². The standard InChI is InChI=1S/C37H31ClN6O5/c1-49-19-2-3-22-25(12-19)34-18(16-38)17-44(32(34)15-33(22)45)36(47)29-14-23-20-8-10-42(30(20)6-4-26(23)41-29)35(46)28-13-24-21-9-11-43(37(39)48)31(21)7-5-27(24)40-28/h2-7,12-15,18,40-41,45H,8-11,16-17H2,1H3,(H2,39,48). The van der Waals surface area contributed by atoms with Gasteiger partial charge in [0.1, 0.15) is 22.9 Å². The number of aromatic amines is 2. The van der Waals surface area contributed by atoms with Gasteiger partial charge in [-0.3, -0.25) is 14.5 Å². The van der Waals surface area contributed by atoms with Crippen LogP contribution in [0.25, 0.3) is 32.6 Å². The minimum atomic E-state index is -0.488. The summed E-state index contributed by atoms with van der Waals surface area (Å²) in [6.07, 6.45) is 1.30. The number of aromatic hydroxyl groups is 1. The van der Waals surface area contributed by atoms with Crippen LogP contribution in [0, 0.1) is 0 Å². The minimum Gasteiger partial charge on any atom is -0.507 e. The van der Waals surface area contributed by atoms with Crippen molar-refractivity contribution in [2.24, 2.45) is 5.73 Å². The number of amides is 4. The Morgan fingerprint density at radius 3 is 2.02 bits per heavy atom. The molecule has 4 aromatic carbocycles. The molecule has 11 nitrogen and oxygen atoms in total. The molecule has 12 heteroatoms. The Hall–Kier alpha value is -5.68. The molecule has 0 radical (unpaired) electrons. The third-order valence-corrected chi connectivity index (χ3v) is 10.8. The quantitative estimate of drug-likeness (QED) is 0.166. The number of carbonyl (C=O) groups excluding carboxylic acids is 3. The summed E-state index contributed by atoms with van der Waals surface area (Å²) >= 11 is 6.45. The number of ether oxygens (including phenoxy) is 1. The molecular weight excluding hydrogens is 644 g/mol. The second kappa shape index (κ2) is 10.7. The average molecular weight is 675 g/mol. The van der Waals surface area contributed by atoms with Crippen LogP contribution in [0.4, 0.5) is 21.9 Å². The van der Waals surface area contributed by atoms with E-state index in [4.69, 9.17) is 22.1 Å². The van der Waals surface area contributed by atoms with Gasteiger partial charge in [-0.25, -0.2) is 4.79 Å². The van der Waals surface area contributed by atoms with Crippen LogP contribution in [0.1, 0.15) is 43.6 Å². The van der Waals surface area contributed by atoms with Gasteiger partial charge < -0.3 is 35.3 Å². The summed E-state index contributed by atoms with van der Waals surface area (Å²) in [6, 6.07) is 17.9. The van der Waals surface area contributed by atoms with Crippen molar-refractivity contribution < 1.29 is 24.2 Å². The zero-order valence-electron chi connectivity index (χ0n) is 26.5. The first-order chi connectivity index (χ1) is 23.7. The number of fused-ring (bicyclic) bond motifs is 9. The molecular formula is C37H31ClN6O5. The molecule has 5 heterocycles. The Morgan fingerprint density at radius 1 is 0.796 bits per heavy atom. The Labute approximate surface area is 284 Å². The van der Waals surface area contributed by atoms with E-state index in [9.17, 15) is 19.5 Å². The molecule has 0 saturated heterocycles. The minimum absolute atomic E-state index is 0.0793. The molecule has 9 rings (SSSR count). The Morgan fingerprint density at radius 2 is 1.41 bits per heavy atom. The van der Waals surface area contributed by atoms with Crippen LogP contribution in [-0.4, -0.2) is 65.5 Å². The highest BCUT2D eigenvalue weighted by Crippen LogP contribution is 2.47. The highest BCUT2D eigenvalue weighted by molar-refractivity contribution is 6.19. The fourth-order valence-electron chi connectivity index (χ4n) is 8.09. The first kappa shape index (κ1) is 29.5. The number of nitrogens with one attached hydrogen (secondary N) is 2. The Kier molecular flexibility index (Phi) is 6.41. The number of phenolic OH excluding ortho intramolecular Hbond substituents is 1. The van der Waals surface area contributed by atoms with Gasteiger partial charge in [0.05, 0.1) is 12.8 Å². The number of aromatic nitrogens is 2. The summed E-state index contributed by atoms with van der Waals surface area (Å²) in [4.78, 5) is 51.6. The van der Waals surface area contributed by atoms with Gasteiger partial charge in [-0.2, -0.15) is 0 Å². The molecule has 6 aromatic rings. The zero-order valence-corrected chi connectivity index (χ0v) is 27.2. The van der Waals surface area contributed by atoms with Crippen LogP contribution in [0.2, 0.25) is 0 Å². The third-order valence-electron chi connectivity index (χ3n) is 10.4. The van der Waals surface area contributed by atoms with Crippen LogP contribution in [0.5, 0.6) is 11.5 Å². The van der Waals surface area contributed by atoms with E-state index in [-0.39, 0.29) is 23.5 Å². The number of carbonyl (C=O) groups is 3. The lowest BCUT2D eigenvalue weighted by atomic mass is 9.95. The van der Waals surface area contributed by atoms with Crippen LogP contribution in [0.3, 0.4) is 0 Å². The summed E-state index contributed by atoms with van der Waals surface area (Å²) in [6.45, 7) is 1.38. The number of rotatable bonds is 4. The maximum Gasteiger partial charge on any atom is 0.319 e. The van der Waals surface area contributed by atoms with Gasteiger partial charge in [0.25, 0.3) is 11.8 Å². The van der Waals surface area contributed by atoms with Crippen molar-refractivity contribution in [1.82, 2.24) is 9.97 Å². The van der Waals surface area contributed by atoms with Gasteiger partial charge in [-0.15, -0.1) is 11.6 Å². The number of nitrogens with zero attached hydrogens (tertiary/aromatic N) is 3. The van der Waals surface area contributed by atoms with Crippen molar-refractivity contribution in [3.63, 3.8) is 0 Å². The molecule has 2 aromatic heterocycles. The number of benzene rings is 4. The lowest BCUT2D eigenvalue weighted by Crippen LogP contribution is -2.33. The highest BCUT2D eigenvalue weighted by Gasteiger charge is 2.36. The molecule has 0 bridgehead atoms. The predicted octanol–water partition coefficient (Wildman–Crippen LogP) is 6.14. The van der Waals surface area contributed by atoms with E-state index in [0.29, 0.717) is 66.6 Å². The zero-order chi connectivity index (χ0) is 33.7. The number of hydrogen-bond donors (Lipinski definition) is 4. The normalized spacial score (nSPS) is 16.5. The molecule has 0 fully saturated rings. The lowest BCUT2D eigenvalue weighted by molar-refractivity contribution is 0.0977. The van der Waals surface area contributed by atoms with Gasteiger partial charge in [-0.1, -0.05) is 0 Å². The first-order valence-electron chi connectivity index (χ1n) is 16.1. The summed E-state index contributed by atoms with van der Waals surface area (Å²) in [7, 11) is 1.59. The number of phenols is 1. The second-order valence-corrected chi connectivity index (χ2v) is 13.2. The molecule has 0 spiro atoms. The number of halogens is 1. The largest absolute Gasteiger partial charge is 0.507 e. The smallest absolute Gasteiger partial charge is 0.319 e. The summed E-state index contributed by atoms with van der Waals surface area (Å²) < 4.78 is 5.45. The molecule has 3 aliphatic heterocycles. The monoisotopic (exact) mass is 674 g/mol. The number of urea groups is 1. The molecule has 0 aliphatic carbocycles. The Bertz CT molecular complexity index is 2430. The van der Waals surface area contributed by atoms with Gasteiger partial charge >= 0.3 is 6.03 Å². The molecule has 49 heavy (non-hydrogen) atoms. The molecule has 246 valence electrons. The van der Waals surface area contributed by atoms with E-state index in [1.54, 1.807) is 33.9 Å². The molecule has 3 aliphatic rings. The average Bonchev–Trinajstić information content (AvgIpc) is 3.93. The van der Waals surface area contributed by atoms with Crippen molar-refractivity contribution >= 4 is 79.1 Å². The van der Waals surface area contributed by atoms with Crippen molar-refractivity contribution in [3.8, 4) is 11.5 Å². The molecule has 1 atom stereocenters. The molecule has 0 saturated carbocycles. The number of primary amides is 1. The molecule has 1 unspecified atom stereocenters. The molecule has 4 amide bonds. The van der Waals surface area contributed by atoms with Crippen molar-refractivity contribution in [2.75, 3.05) is 47.3 Å². The summed E-state index contributed by atoms with van der Waals surface area (Å²) in [5.41, 5.74) is 13.2. The second-order valence-electron chi connectivity index (χ2n) is 12.9. The van der Waals surface area contributed by atoms with Crippen molar-refractivity contribution in [3.05, 3.63) is 88.7 Å². The van der Waals surface area contributed by atoms with Gasteiger partial charge in [-0.05, 0) is 89.5 Å². The number of nitrogens with two attached hydrogens (primary N) is 1. The summed E-state index contributed by atoms with van der Waals surface area (Å²) in [5.74, 6) is 0.534. The van der Waals surface area contributed by atoms with E-state index < -0.39 is 6.03 Å². The van der Waals surface area contributed by atoms with Crippen molar-refractivity contribution in [2.45, 2.75) is 18.8 Å². The highest BCUT2D eigenvalue weighted by atomic mass is 35.5. The van der Waals surface area contributed by atoms with Gasteiger partial charge in [0, 0.05) is 76.1 Å². The van der Waals surface area contributed by atoms with E-state index in [2.05, 4.69) is 9.97 Å². The maximum absolute atomic E-state index is 14.1. The number of anilines is 3. The van der Waals surface area contributed by atoms with E-state index in [1.165, 1.54) is 0 Å². The summed E-state index contributed by atoms with van der Waals surface area (Å²) in [5, 5.41) is 14.2. The topological polar surface area (TPSA) is 148 Å². The van der Waals surface area contributed by atoms with Crippen LogP contribution >= 0.6 is 11.6 Å². The Balaban J connectivity index is 1.04. The molecule has 5 N–H and O–H groups in total. The number of alkyl halides is 1. The van der Waals surface area contributed by atoms with Crippen LogP contribution in [-0.2, 0) is 12.8 Å². The van der Waals surface area contributed by atoms with Gasteiger partial charge in [0.15, 0.2) is 0 Å². The SMILES string of the molecule is COc1ccc2c(O)cc3c(c2c1)C(CCl)CN3C(=O)c1cc2c3c(ccc2[nH]1)N(C(=O)c1cc2c4c(ccc2[nH]1)N(C(N)=O)CC4)CC3. The fraction of sp³-hybridized carbons (Fsp3) is 0.216. The first-order valence-corrected chi connectivity index (χ1v) is 16.7.